The minimum Gasteiger partial charge on any atom is -0.386 e. The Balaban J connectivity index is 2.50. The third-order valence-corrected chi connectivity index (χ3v) is 2.62. The van der Waals surface area contributed by atoms with Crippen molar-refractivity contribution in [3.63, 3.8) is 0 Å². The molecule has 0 spiro atoms. The number of carbonyl (C=O) groups is 2. The van der Waals surface area contributed by atoms with Gasteiger partial charge < -0.3 is 4.74 Å². The van der Waals surface area contributed by atoms with Crippen LogP contribution in [0.1, 0.15) is 20.7 Å². The highest BCUT2D eigenvalue weighted by molar-refractivity contribution is 6.21. The molecule has 3 rings (SSSR count). The van der Waals surface area contributed by atoms with Gasteiger partial charge in [-0.3, -0.25) is 0 Å². The number of fused-ring (bicyclic) bond motifs is 3. The summed E-state index contributed by atoms with van der Waals surface area (Å²) in [6.07, 6.45) is 0. The average molecular weight is 216 g/mol. The van der Waals surface area contributed by atoms with Gasteiger partial charge in [-0.1, -0.05) is 18.2 Å². The van der Waals surface area contributed by atoms with E-state index in [0.29, 0.717) is 10.8 Å². The fourth-order valence-electron chi connectivity index (χ4n) is 1.90. The van der Waals surface area contributed by atoms with Crippen LogP contribution in [0, 0.1) is 5.82 Å². The molecule has 0 fully saturated rings. The molecule has 0 radical (unpaired) electrons. The molecule has 1 heterocycles. The number of ether oxygens (including phenoxy) is 1. The first-order valence-corrected chi connectivity index (χ1v) is 4.66. The van der Waals surface area contributed by atoms with Gasteiger partial charge in [0.25, 0.3) is 0 Å². The Morgan fingerprint density at radius 1 is 0.938 bits per heavy atom. The van der Waals surface area contributed by atoms with Crippen molar-refractivity contribution in [2.45, 2.75) is 0 Å². The van der Waals surface area contributed by atoms with Crippen LogP contribution in [0.3, 0.4) is 0 Å². The average Bonchev–Trinajstić information content (AvgIpc) is 2.55. The molecule has 0 bridgehead atoms. The fraction of sp³-hybridized carbons (Fsp3) is 0. The molecule has 3 nitrogen and oxygen atoms in total. The lowest BCUT2D eigenvalue weighted by Gasteiger charge is -2.01. The lowest BCUT2D eigenvalue weighted by atomic mass is 10.0. The van der Waals surface area contributed by atoms with Crippen LogP contribution in [0.25, 0.3) is 10.8 Å². The zero-order chi connectivity index (χ0) is 11.3. The van der Waals surface area contributed by atoms with Crippen LogP contribution in [0.4, 0.5) is 4.39 Å². The van der Waals surface area contributed by atoms with Crippen LogP contribution in [-0.4, -0.2) is 11.9 Å². The summed E-state index contributed by atoms with van der Waals surface area (Å²) in [5, 5.41) is 0.723. The summed E-state index contributed by atoms with van der Waals surface area (Å²) in [5.41, 5.74) is 0.352. The molecular weight excluding hydrogens is 211 g/mol. The largest absolute Gasteiger partial charge is 0.386 e. The normalized spacial score (nSPS) is 14.1. The maximum absolute atomic E-state index is 13.4. The van der Waals surface area contributed by atoms with E-state index in [4.69, 9.17) is 0 Å². The van der Waals surface area contributed by atoms with E-state index in [0.717, 1.165) is 0 Å². The van der Waals surface area contributed by atoms with Gasteiger partial charge in [-0.15, -0.1) is 0 Å². The molecule has 0 saturated heterocycles. The van der Waals surface area contributed by atoms with E-state index in [-0.39, 0.29) is 11.1 Å². The summed E-state index contributed by atoms with van der Waals surface area (Å²) in [7, 11) is 0. The maximum Gasteiger partial charge on any atom is 0.347 e. The van der Waals surface area contributed by atoms with Crippen molar-refractivity contribution in [3.8, 4) is 0 Å². The van der Waals surface area contributed by atoms with E-state index < -0.39 is 17.8 Å². The first kappa shape index (κ1) is 9.03. The number of rotatable bonds is 0. The molecule has 0 saturated carbocycles. The Morgan fingerprint density at radius 3 is 2.56 bits per heavy atom. The minimum absolute atomic E-state index is 0.155. The van der Waals surface area contributed by atoms with Crippen molar-refractivity contribution < 1.29 is 18.7 Å². The molecule has 0 aromatic heterocycles. The summed E-state index contributed by atoms with van der Waals surface area (Å²) in [6, 6.07) is 7.28. The van der Waals surface area contributed by atoms with Crippen molar-refractivity contribution in [1.29, 1.82) is 0 Å². The number of hydrogen-bond acceptors (Lipinski definition) is 3. The molecule has 2 aromatic rings. The van der Waals surface area contributed by atoms with Crippen LogP contribution in [0.15, 0.2) is 30.3 Å². The van der Waals surface area contributed by atoms with Crippen molar-refractivity contribution in [3.05, 3.63) is 47.3 Å². The Labute approximate surface area is 89.4 Å². The Hall–Kier alpha value is -2.23. The molecule has 0 aliphatic carbocycles. The molecule has 0 unspecified atom stereocenters. The Kier molecular flexibility index (Phi) is 1.63. The van der Waals surface area contributed by atoms with Crippen LogP contribution < -0.4 is 0 Å². The molecule has 4 heteroatoms. The third-order valence-electron chi connectivity index (χ3n) is 2.62. The molecule has 0 N–H and O–H groups in total. The van der Waals surface area contributed by atoms with Crippen LogP contribution >= 0.6 is 0 Å². The summed E-state index contributed by atoms with van der Waals surface area (Å²) >= 11 is 0. The van der Waals surface area contributed by atoms with Crippen LogP contribution in [-0.2, 0) is 4.74 Å². The van der Waals surface area contributed by atoms with E-state index in [1.807, 2.05) is 0 Å². The zero-order valence-electron chi connectivity index (χ0n) is 7.99. The number of esters is 2. The van der Waals surface area contributed by atoms with Gasteiger partial charge in [-0.2, -0.15) is 0 Å². The van der Waals surface area contributed by atoms with E-state index in [9.17, 15) is 14.0 Å². The fourth-order valence-corrected chi connectivity index (χ4v) is 1.90. The molecular formula is C12H5FO3. The molecule has 2 aromatic carbocycles. The second-order valence-corrected chi connectivity index (χ2v) is 3.50. The molecule has 0 atom stereocenters. The predicted molar refractivity (Wildman–Crippen MR) is 53.7 cm³/mol. The lowest BCUT2D eigenvalue weighted by Crippen LogP contribution is -1.97. The van der Waals surface area contributed by atoms with Gasteiger partial charge in [-0.25, -0.2) is 14.0 Å². The van der Waals surface area contributed by atoms with Gasteiger partial charge in [0.05, 0.1) is 11.1 Å². The van der Waals surface area contributed by atoms with Gasteiger partial charge in [0.15, 0.2) is 0 Å². The van der Waals surface area contributed by atoms with Crippen molar-refractivity contribution in [1.82, 2.24) is 0 Å². The number of hydrogen-bond donors (Lipinski definition) is 0. The summed E-state index contributed by atoms with van der Waals surface area (Å²) in [6.45, 7) is 0. The highest BCUT2D eigenvalue weighted by Gasteiger charge is 2.31. The van der Waals surface area contributed by atoms with E-state index in [1.165, 1.54) is 24.3 Å². The van der Waals surface area contributed by atoms with E-state index >= 15 is 0 Å². The first-order valence-electron chi connectivity index (χ1n) is 4.66. The zero-order valence-corrected chi connectivity index (χ0v) is 7.99. The summed E-state index contributed by atoms with van der Waals surface area (Å²) in [5.74, 6) is -1.81. The number of cyclic esters (lactones) is 2. The topological polar surface area (TPSA) is 43.4 Å². The number of halogens is 1. The standard InChI is InChI=1S/C12H5FO3/c13-9-3-1-2-7-6(9)4-5-8-10(7)12(15)16-11(8)14/h1-5H. The molecule has 78 valence electrons. The Bertz CT molecular complexity index is 646. The highest BCUT2D eigenvalue weighted by atomic mass is 19.1. The van der Waals surface area contributed by atoms with E-state index in [1.54, 1.807) is 6.07 Å². The summed E-state index contributed by atoms with van der Waals surface area (Å²) in [4.78, 5) is 22.7. The first-order chi connectivity index (χ1) is 7.68. The van der Waals surface area contributed by atoms with Crippen LogP contribution in [0.2, 0.25) is 0 Å². The van der Waals surface area contributed by atoms with Gasteiger partial charge in [0.2, 0.25) is 0 Å². The summed E-state index contributed by atoms with van der Waals surface area (Å²) < 4.78 is 17.9. The molecule has 0 amide bonds. The SMILES string of the molecule is O=C1OC(=O)c2c1ccc1c(F)cccc21. The van der Waals surface area contributed by atoms with Crippen LogP contribution in [0.5, 0.6) is 0 Å². The van der Waals surface area contributed by atoms with Gasteiger partial charge in [-0.05, 0) is 17.5 Å². The second-order valence-electron chi connectivity index (χ2n) is 3.50. The molecule has 16 heavy (non-hydrogen) atoms. The predicted octanol–water partition coefficient (Wildman–Crippen LogP) is 2.29. The van der Waals surface area contributed by atoms with E-state index in [2.05, 4.69) is 4.74 Å². The number of carbonyl (C=O) groups excluding carboxylic acids is 2. The third kappa shape index (κ3) is 1.01. The smallest absolute Gasteiger partial charge is 0.347 e. The Morgan fingerprint density at radius 2 is 1.75 bits per heavy atom. The second kappa shape index (κ2) is 2.88. The maximum atomic E-state index is 13.4. The quantitative estimate of drug-likeness (QED) is 0.501. The monoisotopic (exact) mass is 216 g/mol. The number of benzene rings is 2. The van der Waals surface area contributed by atoms with Gasteiger partial charge in [0.1, 0.15) is 5.82 Å². The van der Waals surface area contributed by atoms with Gasteiger partial charge in [0, 0.05) is 5.39 Å². The minimum atomic E-state index is -0.712. The van der Waals surface area contributed by atoms with Gasteiger partial charge >= 0.3 is 11.9 Å². The molecule has 1 aliphatic heterocycles. The van der Waals surface area contributed by atoms with Crippen molar-refractivity contribution in [2.75, 3.05) is 0 Å². The van der Waals surface area contributed by atoms with Crippen molar-refractivity contribution >= 4 is 22.7 Å². The van der Waals surface area contributed by atoms with Crippen molar-refractivity contribution in [2.24, 2.45) is 0 Å². The lowest BCUT2D eigenvalue weighted by molar-refractivity contribution is 0.0444. The highest BCUT2D eigenvalue weighted by Crippen LogP contribution is 2.29. The molecule has 1 aliphatic rings.